The molecule has 2 N–H and O–H groups in total. The van der Waals surface area contributed by atoms with E-state index in [1.54, 1.807) is 6.07 Å². The second-order valence-corrected chi connectivity index (χ2v) is 3.97. The number of hydrogen-bond donors (Lipinski definition) is 1. The minimum atomic E-state index is -0.317. The summed E-state index contributed by atoms with van der Waals surface area (Å²) in [6.45, 7) is 5.03. The SMILES string of the molecule is CCC(C)COc1cc(F)ccc1C#CCN. The highest BCUT2D eigenvalue weighted by atomic mass is 19.1. The van der Waals surface area contributed by atoms with Gasteiger partial charge in [-0.05, 0) is 18.1 Å². The Balaban J connectivity index is 2.83. The predicted molar refractivity (Wildman–Crippen MR) is 67.3 cm³/mol. The molecule has 1 unspecified atom stereocenters. The molecule has 92 valence electrons. The van der Waals surface area contributed by atoms with E-state index in [-0.39, 0.29) is 12.4 Å². The van der Waals surface area contributed by atoms with E-state index in [0.717, 1.165) is 6.42 Å². The molecule has 0 saturated heterocycles. The van der Waals surface area contributed by atoms with Crippen LogP contribution in [0.1, 0.15) is 25.8 Å². The number of hydrogen-bond acceptors (Lipinski definition) is 2. The lowest BCUT2D eigenvalue weighted by Gasteiger charge is -2.12. The summed E-state index contributed by atoms with van der Waals surface area (Å²) in [5.74, 6) is 6.23. The summed E-state index contributed by atoms with van der Waals surface area (Å²) in [6.07, 6.45) is 1.03. The predicted octanol–water partition coefficient (Wildman–Crippen LogP) is 2.56. The molecule has 1 aromatic carbocycles. The fourth-order valence-electron chi connectivity index (χ4n) is 1.22. The number of benzene rings is 1. The summed E-state index contributed by atoms with van der Waals surface area (Å²) in [7, 11) is 0. The highest BCUT2D eigenvalue weighted by molar-refractivity contribution is 5.46. The van der Waals surface area contributed by atoms with E-state index >= 15 is 0 Å². The first-order valence-corrected chi connectivity index (χ1v) is 5.78. The van der Waals surface area contributed by atoms with E-state index in [1.165, 1.54) is 12.1 Å². The van der Waals surface area contributed by atoms with Crippen molar-refractivity contribution in [3.63, 3.8) is 0 Å². The zero-order chi connectivity index (χ0) is 12.7. The molecule has 0 bridgehead atoms. The normalized spacial score (nSPS) is 11.5. The average Bonchev–Trinajstić information content (AvgIpc) is 2.34. The van der Waals surface area contributed by atoms with Crippen LogP contribution in [0, 0.1) is 23.6 Å². The van der Waals surface area contributed by atoms with Crippen LogP contribution >= 0.6 is 0 Å². The van der Waals surface area contributed by atoms with Gasteiger partial charge in [-0.1, -0.05) is 32.1 Å². The molecule has 1 atom stereocenters. The fraction of sp³-hybridized carbons (Fsp3) is 0.429. The molecule has 0 heterocycles. The number of rotatable bonds is 4. The van der Waals surface area contributed by atoms with Gasteiger partial charge in [-0.2, -0.15) is 0 Å². The van der Waals surface area contributed by atoms with Crippen molar-refractivity contribution in [2.45, 2.75) is 20.3 Å². The quantitative estimate of drug-likeness (QED) is 0.814. The topological polar surface area (TPSA) is 35.2 Å². The molecule has 1 aromatic rings. The second-order valence-electron chi connectivity index (χ2n) is 3.97. The van der Waals surface area contributed by atoms with E-state index in [2.05, 4.69) is 25.7 Å². The van der Waals surface area contributed by atoms with E-state index < -0.39 is 0 Å². The van der Waals surface area contributed by atoms with Crippen molar-refractivity contribution >= 4 is 0 Å². The highest BCUT2D eigenvalue weighted by Crippen LogP contribution is 2.20. The molecule has 3 heteroatoms. The van der Waals surface area contributed by atoms with Gasteiger partial charge in [0.15, 0.2) is 0 Å². The Hall–Kier alpha value is -1.53. The summed E-state index contributed by atoms with van der Waals surface area (Å²) in [6, 6.07) is 4.35. The Morgan fingerprint density at radius 1 is 1.47 bits per heavy atom. The monoisotopic (exact) mass is 235 g/mol. The molecule has 0 aliphatic carbocycles. The van der Waals surface area contributed by atoms with Crippen molar-refractivity contribution in [2.75, 3.05) is 13.2 Å². The van der Waals surface area contributed by atoms with Gasteiger partial charge in [0.25, 0.3) is 0 Å². The summed E-state index contributed by atoms with van der Waals surface area (Å²) < 4.78 is 18.7. The number of halogens is 1. The van der Waals surface area contributed by atoms with Crippen LogP contribution in [-0.2, 0) is 0 Å². The van der Waals surface area contributed by atoms with Crippen molar-refractivity contribution < 1.29 is 9.13 Å². The zero-order valence-electron chi connectivity index (χ0n) is 10.3. The lowest BCUT2D eigenvalue weighted by molar-refractivity contribution is 0.255. The Kier molecular flexibility index (Phi) is 5.51. The number of nitrogens with two attached hydrogens (primary N) is 1. The zero-order valence-corrected chi connectivity index (χ0v) is 10.3. The van der Waals surface area contributed by atoms with Crippen LogP contribution in [0.25, 0.3) is 0 Å². The third kappa shape index (κ3) is 4.46. The van der Waals surface area contributed by atoms with Crippen LogP contribution in [0.2, 0.25) is 0 Å². The largest absolute Gasteiger partial charge is 0.492 e. The Labute approximate surface area is 102 Å². The maximum absolute atomic E-state index is 13.1. The first-order chi connectivity index (χ1) is 8.17. The average molecular weight is 235 g/mol. The van der Waals surface area contributed by atoms with Gasteiger partial charge < -0.3 is 10.5 Å². The Morgan fingerprint density at radius 3 is 2.88 bits per heavy atom. The third-order valence-corrected chi connectivity index (χ3v) is 2.49. The first kappa shape index (κ1) is 13.5. The lowest BCUT2D eigenvalue weighted by Crippen LogP contribution is -2.08. The molecule has 0 amide bonds. The fourth-order valence-corrected chi connectivity index (χ4v) is 1.22. The van der Waals surface area contributed by atoms with Crippen molar-refractivity contribution in [1.29, 1.82) is 0 Å². The highest BCUT2D eigenvalue weighted by Gasteiger charge is 2.06. The first-order valence-electron chi connectivity index (χ1n) is 5.78. The minimum absolute atomic E-state index is 0.280. The molecule has 2 nitrogen and oxygen atoms in total. The van der Waals surface area contributed by atoms with Gasteiger partial charge in [-0.3, -0.25) is 0 Å². The number of ether oxygens (including phenoxy) is 1. The lowest BCUT2D eigenvalue weighted by atomic mass is 10.1. The smallest absolute Gasteiger partial charge is 0.137 e. The van der Waals surface area contributed by atoms with Crippen LogP contribution in [0.15, 0.2) is 18.2 Å². The van der Waals surface area contributed by atoms with E-state index in [0.29, 0.717) is 23.8 Å². The second kappa shape index (κ2) is 6.93. The van der Waals surface area contributed by atoms with E-state index in [9.17, 15) is 4.39 Å². The third-order valence-electron chi connectivity index (χ3n) is 2.49. The van der Waals surface area contributed by atoms with Crippen LogP contribution in [-0.4, -0.2) is 13.2 Å². The van der Waals surface area contributed by atoms with E-state index in [4.69, 9.17) is 10.5 Å². The molecule has 0 spiro atoms. The summed E-state index contributed by atoms with van der Waals surface area (Å²) in [5.41, 5.74) is 5.99. The molecule has 0 radical (unpaired) electrons. The van der Waals surface area contributed by atoms with Crippen molar-refractivity contribution in [2.24, 2.45) is 11.7 Å². The van der Waals surface area contributed by atoms with Crippen LogP contribution in [0.5, 0.6) is 5.75 Å². The van der Waals surface area contributed by atoms with Gasteiger partial charge in [0.05, 0.1) is 18.7 Å². The molecule has 1 rings (SSSR count). The maximum atomic E-state index is 13.1. The minimum Gasteiger partial charge on any atom is -0.492 e. The molecular formula is C14H18FNO. The van der Waals surface area contributed by atoms with E-state index in [1.807, 2.05) is 0 Å². The molecular weight excluding hydrogens is 217 g/mol. The van der Waals surface area contributed by atoms with Gasteiger partial charge >= 0.3 is 0 Å². The molecule has 0 saturated carbocycles. The maximum Gasteiger partial charge on any atom is 0.137 e. The molecule has 0 aromatic heterocycles. The molecule has 17 heavy (non-hydrogen) atoms. The summed E-state index contributed by atoms with van der Waals surface area (Å²) in [4.78, 5) is 0. The van der Waals surface area contributed by atoms with Crippen molar-refractivity contribution in [1.82, 2.24) is 0 Å². The van der Waals surface area contributed by atoms with Crippen LogP contribution < -0.4 is 10.5 Å². The Morgan fingerprint density at radius 2 is 2.24 bits per heavy atom. The standard InChI is InChI=1S/C14H18FNO/c1-3-11(2)10-17-14-9-13(15)7-6-12(14)5-4-8-16/h6-7,9,11H,3,8,10,16H2,1-2H3. The van der Waals surface area contributed by atoms with Gasteiger partial charge in [-0.15, -0.1) is 0 Å². The molecule has 0 aliphatic rings. The van der Waals surface area contributed by atoms with Gasteiger partial charge in [0, 0.05) is 6.07 Å². The van der Waals surface area contributed by atoms with Crippen molar-refractivity contribution in [3.05, 3.63) is 29.6 Å². The molecule has 0 fully saturated rings. The molecule has 0 aliphatic heterocycles. The Bertz CT molecular complexity index is 420. The van der Waals surface area contributed by atoms with Gasteiger partial charge in [0.1, 0.15) is 11.6 Å². The summed E-state index contributed by atoms with van der Waals surface area (Å²) >= 11 is 0. The summed E-state index contributed by atoms with van der Waals surface area (Å²) in [5, 5.41) is 0. The van der Waals surface area contributed by atoms with Gasteiger partial charge in [-0.25, -0.2) is 4.39 Å². The van der Waals surface area contributed by atoms with Crippen LogP contribution in [0.4, 0.5) is 4.39 Å². The van der Waals surface area contributed by atoms with Crippen LogP contribution in [0.3, 0.4) is 0 Å². The van der Waals surface area contributed by atoms with Crippen molar-refractivity contribution in [3.8, 4) is 17.6 Å². The van der Waals surface area contributed by atoms with Gasteiger partial charge in [0.2, 0.25) is 0 Å².